The normalized spacial score (nSPS) is 10.2. The number of ether oxygens (including phenoxy) is 1. The topological polar surface area (TPSA) is 113 Å². The number of hydrogen-bond acceptors (Lipinski definition) is 6. The minimum Gasteiger partial charge on any atom is -0.462 e. The molecule has 1 aromatic rings. The Labute approximate surface area is 92.3 Å². The molecule has 0 bridgehead atoms. The van der Waals surface area contributed by atoms with Crippen LogP contribution in [0.2, 0.25) is 0 Å². The molecule has 0 saturated carbocycles. The van der Waals surface area contributed by atoms with E-state index in [-0.39, 0.29) is 24.5 Å². The van der Waals surface area contributed by atoms with Crippen LogP contribution in [0.5, 0.6) is 0 Å². The molecule has 0 aliphatic heterocycles. The molecular weight excluding hydrogens is 212 g/mol. The molecule has 0 atom stereocenters. The third-order valence-corrected chi connectivity index (χ3v) is 1.99. The van der Waals surface area contributed by atoms with Gasteiger partial charge in [0.2, 0.25) is 0 Å². The Morgan fingerprint density at radius 1 is 1.50 bits per heavy atom. The number of rotatable bonds is 3. The minimum absolute atomic E-state index is 0.0357. The highest BCUT2D eigenvalue weighted by molar-refractivity contribution is 5.98. The van der Waals surface area contributed by atoms with Crippen LogP contribution in [0.4, 0.5) is 5.82 Å². The monoisotopic (exact) mass is 226 g/mol. The molecule has 1 rings (SSSR count). The largest absolute Gasteiger partial charge is 0.462 e. The lowest BCUT2D eigenvalue weighted by molar-refractivity contribution is 0.0527. The second-order valence-corrected chi connectivity index (χ2v) is 3.08. The van der Waals surface area contributed by atoms with Gasteiger partial charge in [0.25, 0.3) is 5.91 Å². The molecule has 0 fully saturated rings. The number of aryl methyl sites for hydroxylation is 1. The summed E-state index contributed by atoms with van der Waals surface area (Å²) in [5, 5.41) is 3.85. The predicted molar refractivity (Wildman–Crippen MR) is 57.0 cm³/mol. The van der Waals surface area contributed by atoms with Crippen LogP contribution in [-0.4, -0.2) is 34.8 Å². The molecule has 88 valence electrons. The van der Waals surface area contributed by atoms with Crippen LogP contribution in [0.3, 0.4) is 0 Å². The van der Waals surface area contributed by atoms with Crippen LogP contribution in [0.25, 0.3) is 0 Å². The van der Waals surface area contributed by atoms with Crippen molar-refractivity contribution in [2.75, 3.05) is 18.9 Å². The van der Waals surface area contributed by atoms with E-state index in [1.807, 2.05) is 0 Å². The van der Waals surface area contributed by atoms with Gasteiger partial charge >= 0.3 is 5.97 Å². The van der Waals surface area contributed by atoms with Gasteiger partial charge in [-0.05, 0) is 13.8 Å². The van der Waals surface area contributed by atoms with Gasteiger partial charge in [-0.25, -0.2) is 4.79 Å². The fourth-order valence-electron chi connectivity index (χ4n) is 1.28. The van der Waals surface area contributed by atoms with Crippen molar-refractivity contribution in [1.29, 1.82) is 0 Å². The lowest BCUT2D eigenvalue weighted by Gasteiger charge is -2.02. The SMILES string of the molecule is CCOC(=O)c1c(C)nn(C(=O)CN)c1N. The first-order valence-corrected chi connectivity index (χ1v) is 4.78. The van der Waals surface area contributed by atoms with Crippen LogP contribution in [0.15, 0.2) is 0 Å². The van der Waals surface area contributed by atoms with Crippen LogP contribution >= 0.6 is 0 Å². The molecule has 1 heterocycles. The minimum atomic E-state index is -0.589. The lowest BCUT2D eigenvalue weighted by atomic mass is 10.2. The molecule has 1 aromatic heterocycles. The Kier molecular flexibility index (Phi) is 3.62. The van der Waals surface area contributed by atoms with Gasteiger partial charge in [-0.1, -0.05) is 0 Å². The summed E-state index contributed by atoms with van der Waals surface area (Å²) in [6, 6.07) is 0. The van der Waals surface area contributed by atoms with Gasteiger partial charge in [0.15, 0.2) is 0 Å². The number of carbonyl (C=O) groups is 2. The molecule has 0 radical (unpaired) electrons. The zero-order valence-electron chi connectivity index (χ0n) is 9.19. The fraction of sp³-hybridized carbons (Fsp3) is 0.444. The molecule has 4 N–H and O–H groups in total. The molecule has 7 nitrogen and oxygen atoms in total. The van der Waals surface area contributed by atoms with Crippen LogP contribution in [-0.2, 0) is 4.74 Å². The first-order chi connectivity index (χ1) is 7.52. The number of nitrogens with two attached hydrogens (primary N) is 2. The number of nitrogens with zero attached hydrogens (tertiary/aromatic N) is 2. The van der Waals surface area contributed by atoms with Crippen molar-refractivity contribution in [3.05, 3.63) is 11.3 Å². The number of hydrogen-bond donors (Lipinski definition) is 2. The summed E-state index contributed by atoms with van der Waals surface area (Å²) >= 11 is 0. The van der Waals surface area contributed by atoms with Gasteiger partial charge in [0.1, 0.15) is 11.4 Å². The summed E-state index contributed by atoms with van der Waals surface area (Å²) in [6.07, 6.45) is 0. The lowest BCUT2D eigenvalue weighted by Crippen LogP contribution is -2.24. The summed E-state index contributed by atoms with van der Waals surface area (Å²) in [4.78, 5) is 22.8. The Morgan fingerprint density at radius 3 is 2.62 bits per heavy atom. The summed E-state index contributed by atoms with van der Waals surface area (Å²) < 4.78 is 5.72. The van der Waals surface area contributed by atoms with Gasteiger partial charge in [-0.3, -0.25) is 4.79 Å². The van der Waals surface area contributed by atoms with E-state index in [1.54, 1.807) is 13.8 Å². The Balaban J connectivity index is 3.17. The number of carbonyl (C=O) groups excluding carboxylic acids is 2. The van der Waals surface area contributed by atoms with Crippen molar-refractivity contribution in [3.63, 3.8) is 0 Å². The highest BCUT2D eigenvalue weighted by atomic mass is 16.5. The first-order valence-electron chi connectivity index (χ1n) is 4.78. The molecule has 0 spiro atoms. The molecule has 0 amide bonds. The van der Waals surface area contributed by atoms with Crippen molar-refractivity contribution in [2.24, 2.45) is 5.73 Å². The van der Waals surface area contributed by atoms with Gasteiger partial charge in [0, 0.05) is 0 Å². The standard InChI is InChI=1S/C9H14N4O3/c1-3-16-9(15)7-5(2)12-13(8(7)11)6(14)4-10/h3-4,10-11H2,1-2H3. The molecule has 7 heteroatoms. The van der Waals surface area contributed by atoms with E-state index >= 15 is 0 Å². The van der Waals surface area contributed by atoms with E-state index in [0.717, 1.165) is 4.68 Å². The van der Waals surface area contributed by atoms with E-state index in [2.05, 4.69) is 5.10 Å². The van der Waals surface area contributed by atoms with Gasteiger partial charge in [0.05, 0.1) is 18.8 Å². The van der Waals surface area contributed by atoms with Crippen molar-refractivity contribution < 1.29 is 14.3 Å². The Hall–Kier alpha value is -1.89. The molecule has 0 saturated heterocycles. The highest BCUT2D eigenvalue weighted by Crippen LogP contribution is 2.17. The number of aromatic nitrogens is 2. The maximum Gasteiger partial charge on any atom is 0.343 e. The van der Waals surface area contributed by atoms with E-state index in [0.29, 0.717) is 5.69 Å². The van der Waals surface area contributed by atoms with Crippen molar-refractivity contribution in [3.8, 4) is 0 Å². The third kappa shape index (κ3) is 2.03. The number of esters is 1. The number of anilines is 1. The van der Waals surface area contributed by atoms with E-state index in [9.17, 15) is 9.59 Å². The zero-order chi connectivity index (χ0) is 12.3. The second kappa shape index (κ2) is 4.75. The molecule has 0 unspecified atom stereocenters. The van der Waals surface area contributed by atoms with Crippen molar-refractivity contribution in [2.45, 2.75) is 13.8 Å². The van der Waals surface area contributed by atoms with Crippen LogP contribution in [0, 0.1) is 6.92 Å². The van der Waals surface area contributed by atoms with E-state index in [4.69, 9.17) is 16.2 Å². The summed E-state index contributed by atoms with van der Waals surface area (Å²) in [7, 11) is 0. The molecular formula is C9H14N4O3. The van der Waals surface area contributed by atoms with Gasteiger partial charge in [-0.15, -0.1) is 0 Å². The molecule has 0 aliphatic carbocycles. The fourth-order valence-corrected chi connectivity index (χ4v) is 1.28. The zero-order valence-corrected chi connectivity index (χ0v) is 9.19. The molecule has 0 aliphatic rings. The first kappa shape index (κ1) is 12.2. The van der Waals surface area contributed by atoms with Crippen molar-refractivity contribution in [1.82, 2.24) is 9.78 Å². The van der Waals surface area contributed by atoms with Crippen LogP contribution < -0.4 is 11.5 Å². The summed E-state index contributed by atoms with van der Waals surface area (Å²) in [6.45, 7) is 3.25. The maximum atomic E-state index is 11.5. The average molecular weight is 226 g/mol. The highest BCUT2D eigenvalue weighted by Gasteiger charge is 2.22. The molecule has 0 aromatic carbocycles. The summed E-state index contributed by atoms with van der Waals surface area (Å²) in [5.41, 5.74) is 11.3. The Bertz CT molecular complexity index is 425. The quantitative estimate of drug-likeness (QED) is 0.675. The molecule has 16 heavy (non-hydrogen) atoms. The van der Waals surface area contributed by atoms with Crippen LogP contribution in [0.1, 0.15) is 27.8 Å². The number of nitrogen functional groups attached to an aromatic ring is 1. The second-order valence-electron chi connectivity index (χ2n) is 3.08. The Morgan fingerprint density at radius 2 is 2.12 bits per heavy atom. The average Bonchev–Trinajstić information content (AvgIpc) is 2.53. The third-order valence-electron chi connectivity index (χ3n) is 1.99. The smallest absolute Gasteiger partial charge is 0.343 e. The predicted octanol–water partition coefficient (Wildman–Crippen LogP) is -0.451. The van der Waals surface area contributed by atoms with E-state index in [1.165, 1.54) is 0 Å². The van der Waals surface area contributed by atoms with E-state index < -0.39 is 11.9 Å². The van der Waals surface area contributed by atoms with Crippen molar-refractivity contribution >= 4 is 17.7 Å². The summed E-state index contributed by atoms with van der Waals surface area (Å²) in [5.74, 6) is -1.10. The van der Waals surface area contributed by atoms with Gasteiger partial charge in [-0.2, -0.15) is 9.78 Å². The maximum absolute atomic E-state index is 11.5. The van der Waals surface area contributed by atoms with Gasteiger partial charge < -0.3 is 16.2 Å².